The number of carbonyl (C=O) groups excluding carboxylic acids is 6. The molecule has 9 aromatic heterocycles. The van der Waals surface area contributed by atoms with Crippen molar-refractivity contribution in [1.82, 2.24) is 71.5 Å². The third kappa shape index (κ3) is 24.8. The number of carbonyl (C=O) groups is 6. The minimum atomic E-state index is -4.67. The predicted octanol–water partition coefficient (Wildman–Crippen LogP) is 19.1. The number of imidazole rings is 3. The maximum Gasteiger partial charge on any atom is 0.416 e. The Balaban J connectivity index is 0.000000176. The van der Waals surface area contributed by atoms with Crippen molar-refractivity contribution in [3.05, 3.63) is 329 Å². The van der Waals surface area contributed by atoms with Crippen molar-refractivity contribution in [3.8, 4) is 17.1 Å². The molecule has 0 aliphatic carbocycles. The van der Waals surface area contributed by atoms with Gasteiger partial charge < -0.3 is 51.0 Å². The van der Waals surface area contributed by atoms with Crippen LogP contribution in [-0.2, 0) is 66.2 Å². The standard InChI is InChI=1S/C34H29F3N8O4S.C27H23F3N8O2.C19H17F3N4O.C15H13ClN4O3S.Hg.Na/c1-20-5-9-27(10-6-20)50(48,49)45-12-11-28-30(38-18-39-31(28)45)43(4)33(47)42-29-13-23(8-7-21(29)2)32(46)41-25-14-24(34(35,36)37)15-26(16-25)44-17-22(3)40-19-44;1-15-4-5-17(8-22(15)36-26(40)37(3)24-21-6-7-31-23(21)32-13-33-24)25(39)35-19-9-18(27(28,29)30)10-20(11-19)38-12-16(2)34-14-38;1-11-3-4-13(5-17(11)23)18(27)25-15-6-14(19(20,21)22)7-16(8-15)26-9-12(2)24-10-26;1-10-3-5-11(6-4-10)24(22,23)20-8-7-12-13(19(2)15(16)21)17-9-18-14(12)20;;/h5-19H,1-4H3,(H,41,46)(H,42,47);4-14H,1-3H3,(H,35,39)(H,36,40)(H,31,32,33);3-10H,23H2,1-2H3,(H,25,27);3-9H,1-2H3;;. The van der Waals surface area contributed by atoms with Crippen LogP contribution < -0.4 is 47.0 Å². The largest absolute Gasteiger partial charge is 0.416 e. The number of anilines is 9. The molecule has 727 valence electrons. The molecule has 8 aromatic carbocycles. The van der Waals surface area contributed by atoms with Crippen LogP contribution in [0.3, 0.4) is 0 Å². The van der Waals surface area contributed by atoms with E-state index in [4.69, 9.17) is 17.3 Å². The minimum absolute atomic E-state index is 0. The Morgan fingerprint density at radius 3 is 1.06 bits per heavy atom. The molecule has 0 unspecified atom stereocenters. The average molecular weight is 2210 g/mol. The molecule has 143 heavy (non-hydrogen) atoms. The normalized spacial score (nSPS) is 11.4. The number of fused-ring (bicyclic) bond motifs is 3. The molecular formula is C95H82ClF9HgN24NaO10S2. The summed E-state index contributed by atoms with van der Waals surface area (Å²) in [4.78, 5) is 120. The maximum atomic E-state index is 13.7. The molecule has 9 heterocycles. The molecule has 0 spiro atoms. The van der Waals surface area contributed by atoms with Gasteiger partial charge in [-0.25, -0.2) is 79.2 Å². The van der Waals surface area contributed by atoms with Gasteiger partial charge in [0, 0.05) is 183 Å². The van der Waals surface area contributed by atoms with Crippen molar-refractivity contribution in [3.63, 3.8) is 0 Å². The number of urea groups is 2. The number of hydrogen-bond donors (Lipinski definition) is 7. The summed E-state index contributed by atoms with van der Waals surface area (Å²) in [5.74, 6) is -1.18. The Morgan fingerprint density at radius 2 is 0.727 bits per heavy atom. The number of nitrogens with zero attached hydrogens (tertiary/aromatic N) is 17. The molecule has 0 bridgehead atoms. The summed E-state index contributed by atoms with van der Waals surface area (Å²) in [6.07, 6.45) is 3.12. The first kappa shape index (κ1) is 107. The summed E-state index contributed by atoms with van der Waals surface area (Å²) in [5.41, 5.74) is 11.6. The molecule has 8 amide bonds. The third-order valence-corrected chi connectivity index (χ3v) is 25.3. The zero-order valence-electron chi connectivity index (χ0n) is 77.7. The third-order valence-electron chi connectivity index (χ3n) is 21.7. The number of aryl methyl sites for hydroxylation is 8. The number of alkyl halides is 9. The molecular weight excluding hydrogens is 2130 g/mol. The number of rotatable bonds is 18. The van der Waals surface area contributed by atoms with Crippen LogP contribution in [0.1, 0.15) is 92.7 Å². The molecule has 17 aromatic rings. The summed E-state index contributed by atoms with van der Waals surface area (Å²) < 4.78 is 181. The van der Waals surface area contributed by atoms with E-state index in [1.54, 1.807) is 128 Å². The van der Waals surface area contributed by atoms with E-state index in [9.17, 15) is 85.1 Å². The number of nitrogens with two attached hydrogens (primary N) is 1. The molecule has 0 aliphatic rings. The van der Waals surface area contributed by atoms with Crippen molar-refractivity contribution in [2.24, 2.45) is 0 Å². The zero-order valence-corrected chi connectivity index (χ0v) is 87.6. The van der Waals surface area contributed by atoms with E-state index >= 15 is 0 Å². The molecule has 0 atom stereocenters. The quantitative estimate of drug-likeness (QED) is 0.0138. The van der Waals surface area contributed by atoms with E-state index in [-0.39, 0.29) is 152 Å². The Bertz CT molecular complexity index is 7980. The van der Waals surface area contributed by atoms with Gasteiger partial charge in [-0.15, -0.1) is 0 Å². The molecule has 17 rings (SSSR count). The predicted molar refractivity (Wildman–Crippen MR) is 518 cm³/mol. The van der Waals surface area contributed by atoms with Crippen LogP contribution in [0.5, 0.6) is 0 Å². The molecule has 48 heteroatoms. The average Bonchev–Trinajstić information content (AvgIpc) is 1.63. The summed E-state index contributed by atoms with van der Waals surface area (Å²) in [5, 5.41) is 13.7. The van der Waals surface area contributed by atoms with E-state index in [2.05, 4.69) is 76.4 Å². The van der Waals surface area contributed by atoms with E-state index in [0.717, 1.165) is 72.3 Å². The van der Waals surface area contributed by atoms with Gasteiger partial charge in [-0.1, -0.05) is 53.6 Å². The second-order valence-corrected chi connectivity index (χ2v) is 36.0. The number of benzene rings is 8. The Kier molecular flexibility index (Phi) is 32.6. The van der Waals surface area contributed by atoms with Gasteiger partial charge in [-0.2, -0.15) is 39.5 Å². The number of halogens is 10. The second-order valence-electron chi connectivity index (χ2n) is 32.0. The summed E-state index contributed by atoms with van der Waals surface area (Å²) in [6, 6.07) is 40.0. The molecule has 34 nitrogen and oxygen atoms in total. The fourth-order valence-electron chi connectivity index (χ4n) is 14.1. The maximum absolute atomic E-state index is 13.7. The van der Waals surface area contributed by atoms with Crippen LogP contribution in [-0.4, -0.2) is 174 Å². The van der Waals surface area contributed by atoms with Crippen molar-refractivity contribution in [2.45, 2.75) is 83.7 Å². The molecule has 0 saturated carbocycles. The summed E-state index contributed by atoms with van der Waals surface area (Å²) in [6.45, 7) is 14.1. The van der Waals surface area contributed by atoms with Gasteiger partial charge in [0.05, 0.1) is 78.7 Å². The monoisotopic (exact) mass is 2210 g/mol. The molecule has 0 fully saturated rings. The van der Waals surface area contributed by atoms with E-state index < -0.39 is 90.4 Å². The molecule has 0 aliphatic heterocycles. The minimum Gasteiger partial charge on any atom is -0.398 e. The van der Waals surface area contributed by atoms with Gasteiger partial charge in [0.1, 0.15) is 42.1 Å². The van der Waals surface area contributed by atoms with Gasteiger partial charge in [0.25, 0.3) is 37.8 Å². The van der Waals surface area contributed by atoms with E-state index in [1.165, 1.54) is 167 Å². The van der Waals surface area contributed by atoms with Crippen molar-refractivity contribution < 1.29 is 113 Å². The fourth-order valence-corrected chi connectivity index (χ4v) is 16.7. The first-order valence-corrected chi connectivity index (χ1v) is 45.1. The smallest absolute Gasteiger partial charge is 0.398 e. The van der Waals surface area contributed by atoms with Gasteiger partial charge in [-0.3, -0.25) is 33.9 Å². The van der Waals surface area contributed by atoms with Crippen LogP contribution in [0, 0.1) is 55.4 Å². The number of aromatic nitrogens is 15. The van der Waals surface area contributed by atoms with Crippen LogP contribution in [0.15, 0.2) is 261 Å². The number of nitrogen functional groups attached to an aromatic ring is 1. The Morgan fingerprint density at radius 1 is 0.392 bits per heavy atom. The second kappa shape index (κ2) is 43.6. The van der Waals surface area contributed by atoms with Gasteiger partial charge in [-0.05, 0) is 217 Å². The molecule has 1 radical (unpaired) electrons. The fraction of sp³-hybridized carbons (Fsp3) is 0.147. The first-order valence-electron chi connectivity index (χ1n) is 41.9. The number of aromatic amines is 1. The summed E-state index contributed by atoms with van der Waals surface area (Å²) in [7, 11) is -3.39. The van der Waals surface area contributed by atoms with Crippen LogP contribution in [0.4, 0.5) is 105 Å². The topological polar surface area (TPSA) is 423 Å². The number of H-pyrrole nitrogens is 1. The van der Waals surface area contributed by atoms with Crippen molar-refractivity contribution >= 4 is 181 Å². The van der Waals surface area contributed by atoms with Gasteiger partial charge in [0.2, 0.25) is 0 Å². The van der Waals surface area contributed by atoms with Crippen LogP contribution in [0.2, 0.25) is 0 Å². The van der Waals surface area contributed by atoms with Gasteiger partial charge >= 0.3 is 36.0 Å². The first-order chi connectivity index (χ1) is 66.6. The number of hydrogen-bond acceptors (Lipinski definition) is 20. The van der Waals surface area contributed by atoms with E-state index in [1.807, 2.05) is 13.8 Å². The Hall–Kier alpha value is -15.0. The SMILES string of the molecule is Cc1ccc(S(=O)(=O)n2ccc3c(N(C)C(=O)Cl)ncnc32)cc1.Cc1ccc(S(=O)(=O)n2ccc3c(N(C)C(=O)Nc4cc(C(=O)Nc5cc(-n6cnc(C)c6)cc(C(F)(F)F)c5)ccc4C)ncnc32)cc1.Cc1cn(-c2cc(NC(=O)c3ccc(C)c(N)c3)cc(C(F)(F)F)c2)cn1.Cc1cn(-c2cc(NC(=O)c3ccc(C)c(NC(=O)N(C)c4ncnc5[nH]ccc45)c3)cc(C(F)(F)F)c2)cn1.[Hg].[Na]. The number of amides is 8. The zero-order chi connectivity index (χ0) is 102. The van der Waals surface area contributed by atoms with E-state index in [0.29, 0.717) is 61.8 Å². The molecule has 0 saturated heterocycles. The Labute approximate surface area is 857 Å². The number of nitrogens with one attached hydrogen (secondary N) is 6. The van der Waals surface area contributed by atoms with Crippen LogP contribution in [0.25, 0.3) is 50.2 Å². The van der Waals surface area contributed by atoms with Crippen LogP contribution >= 0.6 is 11.6 Å². The summed E-state index contributed by atoms with van der Waals surface area (Å²) >= 11 is 5.47. The van der Waals surface area contributed by atoms with Gasteiger partial charge in [0.15, 0.2) is 11.3 Å². The molecule has 8 N–H and O–H groups in total. The van der Waals surface area contributed by atoms with Crippen molar-refractivity contribution in [1.29, 1.82) is 0 Å². The van der Waals surface area contributed by atoms with Crippen molar-refractivity contribution in [2.75, 3.05) is 68.2 Å².